The molecule has 0 aliphatic carbocycles. The number of benzene rings is 2. The first kappa shape index (κ1) is 12.0. The number of ether oxygens (including phenoxy) is 3. The normalized spacial score (nSPS) is 13.1. The molecule has 0 unspecified atom stereocenters. The van der Waals surface area contributed by atoms with Crippen LogP contribution in [-0.4, -0.2) is 13.2 Å². The molecule has 0 spiro atoms. The van der Waals surface area contributed by atoms with Gasteiger partial charge in [-0.2, -0.15) is 0 Å². The molecule has 1 heterocycles. The largest absolute Gasteiger partial charge is 0.486 e. The van der Waals surface area contributed by atoms with Crippen molar-refractivity contribution in [2.75, 3.05) is 18.9 Å². The Bertz CT molecular complexity index is 616. The van der Waals surface area contributed by atoms with E-state index in [9.17, 15) is 0 Å². The van der Waals surface area contributed by atoms with Crippen molar-refractivity contribution >= 4 is 17.3 Å². The zero-order chi connectivity index (χ0) is 13.2. The number of fused-ring (bicyclic) bond motifs is 1. The maximum absolute atomic E-state index is 6.05. The number of anilines is 1. The third-order valence-electron chi connectivity index (χ3n) is 2.73. The van der Waals surface area contributed by atoms with Gasteiger partial charge in [-0.05, 0) is 12.1 Å². The molecule has 1 aliphatic heterocycles. The van der Waals surface area contributed by atoms with E-state index in [0.29, 0.717) is 46.9 Å². The molecule has 5 heteroatoms. The molecular weight excluding hydrogens is 266 g/mol. The van der Waals surface area contributed by atoms with Gasteiger partial charge in [-0.15, -0.1) is 0 Å². The monoisotopic (exact) mass is 277 g/mol. The summed E-state index contributed by atoms with van der Waals surface area (Å²) in [5, 5.41) is 0.525. The molecule has 2 N–H and O–H groups in total. The van der Waals surface area contributed by atoms with Gasteiger partial charge in [0.2, 0.25) is 0 Å². The van der Waals surface area contributed by atoms with Crippen LogP contribution in [0.1, 0.15) is 0 Å². The number of rotatable bonds is 2. The van der Waals surface area contributed by atoms with Gasteiger partial charge >= 0.3 is 0 Å². The minimum atomic E-state index is 0.476. The van der Waals surface area contributed by atoms with E-state index in [1.54, 1.807) is 24.3 Å². The van der Waals surface area contributed by atoms with Crippen LogP contribution < -0.4 is 19.9 Å². The van der Waals surface area contributed by atoms with Gasteiger partial charge in [0.1, 0.15) is 19.0 Å². The maximum Gasteiger partial charge on any atom is 0.165 e. The highest BCUT2D eigenvalue weighted by atomic mass is 35.5. The number of hydrogen-bond donors (Lipinski definition) is 1. The van der Waals surface area contributed by atoms with Gasteiger partial charge in [-0.1, -0.05) is 23.7 Å². The van der Waals surface area contributed by atoms with Crippen molar-refractivity contribution < 1.29 is 14.2 Å². The van der Waals surface area contributed by atoms with Gasteiger partial charge in [0.25, 0.3) is 0 Å². The molecule has 0 atom stereocenters. The van der Waals surface area contributed by atoms with Crippen molar-refractivity contribution in [3.8, 4) is 23.0 Å². The van der Waals surface area contributed by atoms with E-state index >= 15 is 0 Å². The van der Waals surface area contributed by atoms with Crippen molar-refractivity contribution in [1.29, 1.82) is 0 Å². The van der Waals surface area contributed by atoms with E-state index in [-0.39, 0.29) is 0 Å². The fourth-order valence-electron chi connectivity index (χ4n) is 1.82. The van der Waals surface area contributed by atoms with Crippen molar-refractivity contribution in [3.05, 3.63) is 41.4 Å². The van der Waals surface area contributed by atoms with Crippen LogP contribution in [0.25, 0.3) is 0 Å². The number of halogens is 1. The molecule has 0 saturated heterocycles. The molecule has 3 rings (SSSR count). The predicted octanol–water partition coefficient (Wildman–Crippen LogP) is 3.49. The Morgan fingerprint density at radius 2 is 1.68 bits per heavy atom. The Hall–Kier alpha value is -2.07. The molecule has 19 heavy (non-hydrogen) atoms. The lowest BCUT2D eigenvalue weighted by Gasteiger charge is -2.20. The number of nitrogen functional groups attached to an aromatic ring is 1. The van der Waals surface area contributed by atoms with Crippen LogP contribution in [0.15, 0.2) is 36.4 Å². The molecular formula is C14H12ClNO3. The molecule has 0 bridgehead atoms. The van der Waals surface area contributed by atoms with Crippen LogP contribution >= 0.6 is 11.6 Å². The Labute approximate surface area is 115 Å². The summed E-state index contributed by atoms with van der Waals surface area (Å²) in [6, 6.07) is 10.6. The summed E-state index contributed by atoms with van der Waals surface area (Å²) in [5.74, 6) is 2.31. The first-order valence-corrected chi connectivity index (χ1v) is 6.23. The average Bonchev–Trinajstić information content (AvgIpc) is 2.42. The molecule has 0 aromatic heterocycles. The molecule has 0 fully saturated rings. The second kappa shape index (κ2) is 4.90. The average molecular weight is 278 g/mol. The predicted molar refractivity (Wildman–Crippen MR) is 73.4 cm³/mol. The molecule has 1 aliphatic rings. The van der Waals surface area contributed by atoms with Crippen LogP contribution in [0.5, 0.6) is 23.0 Å². The smallest absolute Gasteiger partial charge is 0.165 e. The highest BCUT2D eigenvalue weighted by molar-refractivity contribution is 6.32. The topological polar surface area (TPSA) is 53.7 Å². The fraction of sp³-hybridized carbons (Fsp3) is 0.143. The van der Waals surface area contributed by atoms with Crippen molar-refractivity contribution in [3.63, 3.8) is 0 Å². The standard InChI is InChI=1S/C14H12ClNO3/c15-9-3-1-2-4-11(9)19-12-8-14-13(7-10(12)16)17-5-6-18-14/h1-4,7-8H,5-6,16H2. The lowest BCUT2D eigenvalue weighted by Crippen LogP contribution is -2.15. The van der Waals surface area contributed by atoms with Crippen LogP contribution in [0, 0.1) is 0 Å². The van der Waals surface area contributed by atoms with Crippen molar-refractivity contribution in [2.45, 2.75) is 0 Å². The van der Waals surface area contributed by atoms with Crippen LogP contribution in [0.4, 0.5) is 5.69 Å². The number of para-hydroxylation sites is 1. The summed E-state index contributed by atoms with van der Waals surface area (Å²) in [7, 11) is 0. The minimum Gasteiger partial charge on any atom is -0.486 e. The second-order valence-electron chi connectivity index (χ2n) is 4.07. The third kappa shape index (κ3) is 2.39. The molecule has 0 amide bonds. The van der Waals surface area contributed by atoms with Gasteiger partial charge in [0.05, 0.1) is 10.7 Å². The summed E-state index contributed by atoms with van der Waals surface area (Å²) in [6.07, 6.45) is 0. The summed E-state index contributed by atoms with van der Waals surface area (Å²) >= 11 is 6.05. The highest BCUT2D eigenvalue weighted by Gasteiger charge is 2.16. The quantitative estimate of drug-likeness (QED) is 0.854. The van der Waals surface area contributed by atoms with E-state index in [4.69, 9.17) is 31.5 Å². The zero-order valence-corrected chi connectivity index (χ0v) is 10.8. The molecule has 0 saturated carbocycles. The minimum absolute atomic E-state index is 0.476. The summed E-state index contributed by atoms with van der Waals surface area (Å²) < 4.78 is 16.7. The first-order chi connectivity index (χ1) is 9.24. The fourth-order valence-corrected chi connectivity index (χ4v) is 1.99. The lowest BCUT2D eigenvalue weighted by molar-refractivity contribution is 0.171. The van der Waals surface area contributed by atoms with E-state index < -0.39 is 0 Å². The van der Waals surface area contributed by atoms with Gasteiger partial charge < -0.3 is 19.9 Å². The number of hydrogen-bond acceptors (Lipinski definition) is 4. The Kier molecular flexibility index (Phi) is 3.09. The molecule has 2 aromatic rings. The zero-order valence-electron chi connectivity index (χ0n) is 10.1. The molecule has 2 aromatic carbocycles. The van der Waals surface area contributed by atoms with Crippen LogP contribution in [-0.2, 0) is 0 Å². The molecule has 0 radical (unpaired) electrons. The Morgan fingerprint density at radius 3 is 2.42 bits per heavy atom. The summed E-state index contributed by atoms with van der Waals surface area (Å²) in [5.41, 5.74) is 6.41. The van der Waals surface area contributed by atoms with Gasteiger partial charge in [0, 0.05) is 12.1 Å². The van der Waals surface area contributed by atoms with E-state index in [0.717, 1.165) is 0 Å². The molecule has 98 valence electrons. The van der Waals surface area contributed by atoms with E-state index in [1.165, 1.54) is 0 Å². The number of nitrogens with two attached hydrogens (primary N) is 1. The van der Waals surface area contributed by atoms with Crippen molar-refractivity contribution in [1.82, 2.24) is 0 Å². The van der Waals surface area contributed by atoms with Gasteiger partial charge in [0.15, 0.2) is 17.2 Å². The van der Waals surface area contributed by atoms with Gasteiger partial charge in [-0.3, -0.25) is 0 Å². The summed E-state index contributed by atoms with van der Waals surface area (Å²) in [4.78, 5) is 0. The van der Waals surface area contributed by atoms with Crippen LogP contribution in [0.2, 0.25) is 5.02 Å². The van der Waals surface area contributed by atoms with Gasteiger partial charge in [-0.25, -0.2) is 0 Å². The highest BCUT2D eigenvalue weighted by Crippen LogP contribution is 2.40. The van der Waals surface area contributed by atoms with Crippen LogP contribution in [0.3, 0.4) is 0 Å². The Balaban J connectivity index is 1.95. The SMILES string of the molecule is Nc1cc2c(cc1Oc1ccccc1Cl)OCCO2. The van der Waals surface area contributed by atoms with Crippen molar-refractivity contribution in [2.24, 2.45) is 0 Å². The maximum atomic E-state index is 6.05. The lowest BCUT2D eigenvalue weighted by atomic mass is 10.2. The second-order valence-corrected chi connectivity index (χ2v) is 4.47. The third-order valence-corrected chi connectivity index (χ3v) is 3.04. The summed E-state index contributed by atoms with van der Waals surface area (Å²) in [6.45, 7) is 1.04. The molecule has 4 nitrogen and oxygen atoms in total. The van der Waals surface area contributed by atoms with E-state index in [1.807, 2.05) is 12.1 Å². The Morgan fingerprint density at radius 1 is 1.00 bits per heavy atom. The van der Waals surface area contributed by atoms with E-state index in [2.05, 4.69) is 0 Å². The first-order valence-electron chi connectivity index (χ1n) is 5.85.